The van der Waals surface area contributed by atoms with Gasteiger partial charge >= 0.3 is 5.97 Å². The molecule has 100 valence electrons. The normalized spacial score (nSPS) is 29.4. The van der Waals surface area contributed by atoms with Crippen molar-refractivity contribution in [2.24, 2.45) is 5.92 Å². The third-order valence-corrected chi connectivity index (χ3v) is 3.32. The lowest BCUT2D eigenvalue weighted by Crippen LogP contribution is -2.43. The molecule has 0 saturated carbocycles. The Morgan fingerprint density at radius 1 is 1.59 bits per heavy atom. The minimum atomic E-state index is -0.764. The van der Waals surface area contributed by atoms with Gasteiger partial charge in [0, 0.05) is 19.4 Å². The van der Waals surface area contributed by atoms with Gasteiger partial charge in [-0.3, -0.25) is 4.79 Å². The molecular weight excluding hydrogens is 220 g/mol. The Kier molecular flexibility index (Phi) is 5.40. The largest absolute Gasteiger partial charge is 0.466 e. The Labute approximate surface area is 103 Å². The molecule has 0 aromatic rings. The molecule has 17 heavy (non-hydrogen) atoms. The van der Waals surface area contributed by atoms with Crippen molar-refractivity contribution < 1.29 is 19.4 Å². The Hall–Kier alpha value is -0.610. The summed E-state index contributed by atoms with van der Waals surface area (Å²) in [6, 6.07) is 0. The minimum absolute atomic E-state index is 0.0935. The smallest absolute Gasteiger partial charge is 0.305 e. The highest BCUT2D eigenvalue weighted by Gasteiger charge is 2.36. The third-order valence-electron chi connectivity index (χ3n) is 3.32. The summed E-state index contributed by atoms with van der Waals surface area (Å²) in [5.41, 5.74) is -0.764. The van der Waals surface area contributed by atoms with Crippen molar-refractivity contribution in [3.63, 3.8) is 0 Å². The van der Waals surface area contributed by atoms with Crippen LogP contribution in [0, 0.1) is 5.92 Å². The van der Waals surface area contributed by atoms with Crippen LogP contribution in [-0.4, -0.2) is 36.0 Å². The van der Waals surface area contributed by atoms with Crippen LogP contribution in [0.15, 0.2) is 0 Å². The van der Waals surface area contributed by atoms with Gasteiger partial charge in [0.05, 0.1) is 18.3 Å². The maximum Gasteiger partial charge on any atom is 0.305 e. The quantitative estimate of drug-likeness (QED) is 0.750. The molecule has 0 amide bonds. The minimum Gasteiger partial charge on any atom is -0.466 e. The summed E-state index contributed by atoms with van der Waals surface area (Å²) in [5, 5.41) is 10.4. The Bertz CT molecular complexity index is 252. The van der Waals surface area contributed by atoms with Gasteiger partial charge in [0.1, 0.15) is 0 Å². The van der Waals surface area contributed by atoms with Crippen molar-refractivity contribution in [3.8, 4) is 0 Å². The highest BCUT2D eigenvalue weighted by molar-refractivity contribution is 5.69. The molecular formula is C13H24O4. The highest BCUT2D eigenvalue weighted by atomic mass is 16.5. The second-order valence-corrected chi connectivity index (χ2v) is 5.14. The molecule has 0 bridgehead atoms. The van der Waals surface area contributed by atoms with Crippen LogP contribution >= 0.6 is 0 Å². The van der Waals surface area contributed by atoms with Crippen molar-refractivity contribution in [1.82, 2.24) is 0 Å². The topological polar surface area (TPSA) is 55.8 Å². The summed E-state index contributed by atoms with van der Waals surface area (Å²) in [7, 11) is 0. The molecule has 1 fully saturated rings. The summed E-state index contributed by atoms with van der Waals surface area (Å²) in [6.45, 7) is 6.93. The first-order chi connectivity index (χ1) is 7.97. The Morgan fingerprint density at radius 3 is 2.88 bits per heavy atom. The van der Waals surface area contributed by atoms with Crippen molar-refractivity contribution in [2.75, 3.05) is 13.2 Å². The average molecular weight is 244 g/mol. The number of esters is 1. The van der Waals surface area contributed by atoms with Crippen LogP contribution in [0.25, 0.3) is 0 Å². The molecule has 1 heterocycles. The monoisotopic (exact) mass is 244 g/mol. The molecule has 0 aliphatic carbocycles. The summed E-state index contributed by atoms with van der Waals surface area (Å²) >= 11 is 0. The number of rotatable bonds is 5. The maximum absolute atomic E-state index is 11.3. The second kappa shape index (κ2) is 6.36. The van der Waals surface area contributed by atoms with E-state index in [1.165, 1.54) is 0 Å². The number of carbonyl (C=O) groups excluding carboxylic acids is 1. The van der Waals surface area contributed by atoms with E-state index in [1.807, 2.05) is 0 Å². The molecule has 1 N–H and O–H groups in total. The van der Waals surface area contributed by atoms with Crippen molar-refractivity contribution in [3.05, 3.63) is 0 Å². The molecule has 0 aromatic heterocycles. The standard InChI is InChI=1S/C13H24O4/c1-4-16-12(14)5-6-13(15)7-8-17-11(9-13)10(2)3/h10-11,15H,4-9H2,1-3H3. The van der Waals surface area contributed by atoms with Crippen LogP contribution in [0.5, 0.6) is 0 Å². The van der Waals surface area contributed by atoms with Crippen LogP contribution in [0.2, 0.25) is 0 Å². The number of ether oxygens (including phenoxy) is 2. The van der Waals surface area contributed by atoms with E-state index < -0.39 is 5.60 Å². The molecule has 1 rings (SSSR count). The van der Waals surface area contributed by atoms with Crippen LogP contribution in [0.3, 0.4) is 0 Å². The molecule has 2 unspecified atom stereocenters. The number of hydrogen-bond donors (Lipinski definition) is 1. The fraction of sp³-hybridized carbons (Fsp3) is 0.923. The first kappa shape index (κ1) is 14.5. The zero-order chi connectivity index (χ0) is 12.9. The van der Waals surface area contributed by atoms with Gasteiger partial charge in [-0.1, -0.05) is 13.8 Å². The molecule has 1 aliphatic rings. The van der Waals surface area contributed by atoms with E-state index in [0.29, 0.717) is 38.4 Å². The number of hydrogen-bond acceptors (Lipinski definition) is 4. The molecule has 0 spiro atoms. The van der Waals surface area contributed by atoms with E-state index >= 15 is 0 Å². The Balaban J connectivity index is 2.42. The lowest BCUT2D eigenvalue weighted by atomic mass is 9.83. The zero-order valence-electron chi connectivity index (χ0n) is 11.1. The predicted octanol–water partition coefficient (Wildman–Crippen LogP) is 1.90. The molecule has 2 atom stereocenters. The van der Waals surface area contributed by atoms with Crippen molar-refractivity contribution in [2.45, 2.75) is 58.2 Å². The summed E-state index contributed by atoms with van der Waals surface area (Å²) < 4.78 is 10.5. The SMILES string of the molecule is CCOC(=O)CCC1(O)CCOC(C(C)C)C1. The summed E-state index contributed by atoms with van der Waals surface area (Å²) in [5.74, 6) is 0.165. The van der Waals surface area contributed by atoms with E-state index in [-0.39, 0.29) is 18.5 Å². The van der Waals surface area contributed by atoms with Crippen LogP contribution in [0.1, 0.15) is 46.5 Å². The van der Waals surface area contributed by atoms with E-state index in [1.54, 1.807) is 6.92 Å². The lowest BCUT2D eigenvalue weighted by Gasteiger charge is -2.38. The molecule has 1 aliphatic heterocycles. The zero-order valence-corrected chi connectivity index (χ0v) is 11.1. The van der Waals surface area contributed by atoms with E-state index in [9.17, 15) is 9.90 Å². The fourth-order valence-electron chi connectivity index (χ4n) is 2.16. The van der Waals surface area contributed by atoms with E-state index in [2.05, 4.69) is 13.8 Å². The van der Waals surface area contributed by atoms with E-state index in [4.69, 9.17) is 9.47 Å². The van der Waals surface area contributed by atoms with Gasteiger partial charge in [0.15, 0.2) is 0 Å². The maximum atomic E-state index is 11.3. The molecule has 4 heteroatoms. The predicted molar refractivity (Wildman–Crippen MR) is 64.6 cm³/mol. The Morgan fingerprint density at radius 2 is 2.29 bits per heavy atom. The molecule has 0 radical (unpaired) electrons. The average Bonchev–Trinajstić information content (AvgIpc) is 2.27. The fourth-order valence-corrected chi connectivity index (χ4v) is 2.16. The van der Waals surface area contributed by atoms with E-state index in [0.717, 1.165) is 0 Å². The number of carbonyl (C=O) groups is 1. The van der Waals surface area contributed by atoms with Gasteiger partial charge in [-0.2, -0.15) is 0 Å². The lowest BCUT2D eigenvalue weighted by molar-refractivity contribution is -0.149. The summed E-state index contributed by atoms with van der Waals surface area (Å²) in [6.07, 6.45) is 2.07. The highest BCUT2D eigenvalue weighted by Crippen LogP contribution is 2.32. The van der Waals surface area contributed by atoms with Crippen LogP contribution in [0.4, 0.5) is 0 Å². The third kappa shape index (κ3) is 4.64. The first-order valence-electron chi connectivity index (χ1n) is 6.46. The van der Waals surface area contributed by atoms with Crippen molar-refractivity contribution in [1.29, 1.82) is 0 Å². The van der Waals surface area contributed by atoms with Gasteiger partial charge in [-0.15, -0.1) is 0 Å². The molecule has 1 saturated heterocycles. The summed E-state index contributed by atoms with van der Waals surface area (Å²) in [4.78, 5) is 11.3. The first-order valence-corrected chi connectivity index (χ1v) is 6.46. The number of aliphatic hydroxyl groups is 1. The van der Waals surface area contributed by atoms with Gasteiger partial charge in [0.25, 0.3) is 0 Å². The van der Waals surface area contributed by atoms with Gasteiger partial charge in [0.2, 0.25) is 0 Å². The van der Waals surface area contributed by atoms with Gasteiger partial charge in [-0.25, -0.2) is 0 Å². The van der Waals surface area contributed by atoms with Gasteiger partial charge < -0.3 is 14.6 Å². The molecule has 0 aromatic carbocycles. The molecule has 4 nitrogen and oxygen atoms in total. The second-order valence-electron chi connectivity index (χ2n) is 5.14. The van der Waals surface area contributed by atoms with Crippen LogP contribution in [-0.2, 0) is 14.3 Å². The van der Waals surface area contributed by atoms with Gasteiger partial charge in [-0.05, 0) is 25.7 Å². The van der Waals surface area contributed by atoms with Crippen LogP contribution < -0.4 is 0 Å². The van der Waals surface area contributed by atoms with Crippen molar-refractivity contribution >= 4 is 5.97 Å².